The van der Waals surface area contributed by atoms with E-state index < -0.39 is 0 Å². The Morgan fingerprint density at radius 3 is 1.71 bits per heavy atom. The Morgan fingerprint density at radius 1 is 0.643 bits per heavy atom. The highest BCUT2D eigenvalue weighted by Gasteiger charge is 2.41. The minimum Gasteiger partial charge on any atom is -0.299 e. The van der Waals surface area contributed by atoms with Crippen molar-refractivity contribution in [3.63, 3.8) is 0 Å². The van der Waals surface area contributed by atoms with Crippen LogP contribution in [0.5, 0.6) is 0 Å². The lowest BCUT2D eigenvalue weighted by molar-refractivity contribution is -0.122. The van der Waals surface area contributed by atoms with Crippen LogP contribution in [0.2, 0.25) is 0 Å². The van der Waals surface area contributed by atoms with Gasteiger partial charge < -0.3 is 0 Å². The Hall–Kier alpha value is -1.89. The van der Waals surface area contributed by atoms with Gasteiger partial charge in [0.15, 0.2) is 0 Å². The average Bonchev–Trinajstić information content (AvgIpc) is 3.44. The molecule has 2 saturated carbocycles. The van der Waals surface area contributed by atoms with E-state index in [0.29, 0.717) is 6.42 Å². The number of ketones is 1. The molecular formula is C27H24O. The van der Waals surface area contributed by atoms with Gasteiger partial charge in [-0.2, -0.15) is 0 Å². The van der Waals surface area contributed by atoms with Crippen LogP contribution in [0.3, 0.4) is 0 Å². The number of benzene rings is 2. The Bertz CT molecular complexity index is 723. The minimum atomic E-state index is -0.155. The number of Topliss-reactive ketones (excluding diaryl/α,β-unsaturated/α-hetero) is 1. The molecule has 0 N–H and O–H groups in total. The van der Waals surface area contributed by atoms with Gasteiger partial charge in [0.05, 0.1) is 0 Å². The zero-order chi connectivity index (χ0) is 19.2. The summed E-state index contributed by atoms with van der Waals surface area (Å²) in [6, 6.07) is 20.5. The van der Waals surface area contributed by atoms with Crippen molar-refractivity contribution in [2.24, 2.45) is 11.8 Å². The molecule has 2 aliphatic rings. The third-order valence-electron chi connectivity index (χ3n) is 5.43. The van der Waals surface area contributed by atoms with Crippen molar-refractivity contribution >= 4 is 5.78 Å². The Kier molecular flexibility index (Phi) is 6.62. The second-order valence-electron chi connectivity index (χ2n) is 7.34. The first-order valence-corrected chi connectivity index (χ1v) is 9.85. The predicted octanol–water partition coefficient (Wildman–Crippen LogP) is 5.08. The fourth-order valence-electron chi connectivity index (χ4n) is 4.08. The third-order valence-corrected chi connectivity index (χ3v) is 5.43. The molecule has 2 unspecified atom stereocenters. The van der Waals surface area contributed by atoms with Gasteiger partial charge in [0.25, 0.3) is 0 Å². The molecule has 2 aromatic rings. The van der Waals surface area contributed by atoms with Crippen LogP contribution in [0.1, 0.15) is 11.1 Å². The van der Waals surface area contributed by atoms with E-state index in [0.717, 1.165) is 17.9 Å². The van der Waals surface area contributed by atoms with Gasteiger partial charge in [-0.15, -0.1) is 0 Å². The molecular weight excluding hydrogens is 340 g/mol. The summed E-state index contributed by atoms with van der Waals surface area (Å²) in [6.07, 6.45) is 18.0. The van der Waals surface area contributed by atoms with Crippen LogP contribution in [0.15, 0.2) is 60.7 Å². The molecule has 0 bridgehead atoms. The normalized spacial score (nSPS) is 20.3. The molecule has 10 radical (unpaired) electrons. The summed E-state index contributed by atoms with van der Waals surface area (Å²) < 4.78 is 0. The van der Waals surface area contributed by atoms with Gasteiger partial charge in [-0.1, -0.05) is 60.7 Å². The number of hydrogen-bond donors (Lipinski definition) is 0. The maximum Gasteiger partial charge on any atom is 0.141 e. The van der Waals surface area contributed by atoms with Crippen LogP contribution in [-0.4, -0.2) is 5.78 Å². The van der Waals surface area contributed by atoms with Crippen LogP contribution in [0.4, 0.5) is 0 Å². The maximum absolute atomic E-state index is 13.5. The minimum absolute atomic E-state index is 0.121. The molecule has 2 aromatic carbocycles. The highest BCUT2D eigenvalue weighted by atomic mass is 16.1. The molecule has 1 nitrogen and oxygen atoms in total. The van der Waals surface area contributed by atoms with Crippen molar-refractivity contribution in [2.45, 2.75) is 12.8 Å². The summed E-state index contributed by atoms with van der Waals surface area (Å²) in [5, 5.41) is 0. The molecule has 0 aromatic heterocycles. The highest BCUT2D eigenvalue weighted by molar-refractivity contribution is 5.87. The van der Waals surface area contributed by atoms with Gasteiger partial charge in [-0.25, -0.2) is 0 Å². The number of carbonyl (C=O) groups is 1. The molecule has 2 aliphatic carbocycles. The van der Waals surface area contributed by atoms with Crippen LogP contribution in [0.25, 0.3) is 0 Å². The van der Waals surface area contributed by atoms with E-state index >= 15 is 0 Å². The predicted molar refractivity (Wildman–Crippen MR) is 113 cm³/mol. The van der Waals surface area contributed by atoms with Gasteiger partial charge in [-0.3, -0.25) is 4.79 Å². The van der Waals surface area contributed by atoms with E-state index in [1.807, 2.05) is 49.2 Å². The summed E-state index contributed by atoms with van der Waals surface area (Å²) in [5.41, 5.74) is 2.34. The van der Waals surface area contributed by atoms with Crippen molar-refractivity contribution in [3.8, 4) is 0 Å². The van der Waals surface area contributed by atoms with Crippen LogP contribution < -0.4 is 0 Å². The molecule has 28 heavy (non-hydrogen) atoms. The quantitative estimate of drug-likeness (QED) is 0.638. The van der Waals surface area contributed by atoms with E-state index in [-0.39, 0.29) is 17.6 Å². The van der Waals surface area contributed by atoms with Gasteiger partial charge in [0.2, 0.25) is 0 Å². The SMILES string of the molecule is O=C(Cc1ccccc1)C([C]1[CH][CH][CH][CH]1)C(Cc1ccccc1)[C]1[CH][CH][CH][CH]1. The lowest BCUT2D eigenvalue weighted by Gasteiger charge is -2.34. The van der Waals surface area contributed by atoms with Crippen molar-refractivity contribution in [1.29, 1.82) is 0 Å². The number of rotatable bonds is 8. The molecule has 0 amide bonds. The van der Waals surface area contributed by atoms with Gasteiger partial charge in [0.1, 0.15) is 5.78 Å². The van der Waals surface area contributed by atoms with Crippen molar-refractivity contribution in [2.75, 3.05) is 0 Å². The zero-order valence-corrected chi connectivity index (χ0v) is 15.9. The van der Waals surface area contributed by atoms with E-state index in [2.05, 4.69) is 62.8 Å². The summed E-state index contributed by atoms with van der Waals surface area (Å²) in [5.74, 6) is 2.59. The summed E-state index contributed by atoms with van der Waals surface area (Å²) in [6.45, 7) is 0. The molecule has 1 heteroatoms. The average molecular weight is 364 g/mol. The Morgan fingerprint density at radius 2 is 1.14 bits per heavy atom. The fraction of sp³-hybridized carbons (Fsp3) is 0.148. The lowest BCUT2D eigenvalue weighted by atomic mass is 9.68. The highest BCUT2D eigenvalue weighted by Crippen LogP contribution is 2.44. The third kappa shape index (κ3) is 4.74. The van der Waals surface area contributed by atoms with E-state index in [4.69, 9.17) is 0 Å². The second kappa shape index (κ2) is 9.54. The summed E-state index contributed by atoms with van der Waals surface area (Å²) >= 11 is 0. The molecule has 4 rings (SSSR count). The van der Waals surface area contributed by atoms with Crippen molar-refractivity contribution in [3.05, 3.63) is 135 Å². The smallest absolute Gasteiger partial charge is 0.141 e. The second-order valence-corrected chi connectivity index (χ2v) is 7.34. The first-order valence-electron chi connectivity index (χ1n) is 9.85. The van der Waals surface area contributed by atoms with Gasteiger partial charge in [-0.05, 0) is 86.7 Å². The van der Waals surface area contributed by atoms with Gasteiger partial charge >= 0.3 is 0 Å². The van der Waals surface area contributed by atoms with Crippen molar-refractivity contribution in [1.82, 2.24) is 0 Å². The van der Waals surface area contributed by atoms with Crippen molar-refractivity contribution < 1.29 is 4.79 Å². The topological polar surface area (TPSA) is 17.1 Å². The monoisotopic (exact) mass is 364 g/mol. The first-order chi connectivity index (χ1) is 13.8. The molecule has 138 valence electrons. The standard InChI is InChI=1S/C27H24O/c28-26(20-22-13-5-2-6-14-22)27(24-17-9-10-18-24)25(23-15-7-8-16-23)19-21-11-3-1-4-12-21/h1-18,25,27H,19-20H2. The lowest BCUT2D eigenvalue weighted by Crippen LogP contribution is -2.35. The first kappa shape index (κ1) is 19.4. The molecule has 0 heterocycles. The summed E-state index contributed by atoms with van der Waals surface area (Å²) in [4.78, 5) is 13.5. The van der Waals surface area contributed by atoms with E-state index in [1.54, 1.807) is 0 Å². The summed E-state index contributed by atoms with van der Waals surface area (Å²) in [7, 11) is 0. The van der Waals surface area contributed by atoms with Crippen LogP contribution in [-0.2, 0) is 17.6 Å². The number of carbonyl (C=O) groups excluding carboxylic acids is 1. The molecule has 0 aliphatic heterocycles. The Balaban J connectivity index is 1.61. The molecule has 0 spiro atoms. The molecule has 2 atom stereocenters. The van der Waals surface area contributed by atoms with E-state index in [1.165, 1.54) is 11.5 Å². The van der Waals surface area contributed by atoms with Gasteiger partial charge in [0, 0.05) is 12.3 Å². The largest absolute Gasteiger partial charge is 0.299 e. The molecule has 0 saturated heterocycles. The molecule has 2 fully saturated rings. The zero-order valence-electron chi connectivity index (χ0n) is 15.9. The Labute approximate surface area is 170 Å². The fourth-order valence-corrected chi connectivity index (χ4v) is 4.08. The van der Waals surface area contributed by atoms with Crippen LogP contribution in [0, 0.1) is 75.0 Å². The maximum atomic E-state index is 13.5. The van der Waals surface area contributed by atoms with E-state index in [9.17, 15) is 4.79 Å². The van der Waals surface area contributed by atoms with Crippen LogP contribution >= 0.6 is 0 Å². The number of hydrogen-bond acceptors (Lipinski definition) is 1.